The van der Waals surface area contributed by atoms with Crippen LogP contribution in [0.1, 0.15) is 33.5 Å². The summed E-state index contributed by atoms with van der Waals surface area (Å²) in [5.41, 5.74) is 4.38. The fourth-order valence-electron chi connectivity index (χ4n) is 3.76. The van der Waals surface area contributed by atoms with Crippen molar-refractivity contribution in [3.05, 3.63) is 100 Å². The van der Waals surface area contributed by atoms with Gasteiger partial charge in [0, 0.05) is 23.7 Å². The third-order valence-corrected chi connectivity index (χ3v) is 5.47. The van der Waals surface area contributed by atoms with Gasteiger partial charge in [0.1, 0.15) is 0 Å². The number of rotatable bonds is 5. The second-order valence-electron chi connectivity index (χ2n) is 7.64. The zero-order chi connectivity index (χ0) is 22.0. The predicted molar refractivity (Wildman–Crippen MR) is 117 cm³/mol. The Balaban J connectivity index is 1.63. The van der Waals surface area contributed by atoms with Crippen molar-refractivity contribution in [2.75, 3.05) is 5.32 Å². The largest absolute Gasteiger partial charge is 0.416 e. The Labute approximate surface area is 179 Å². The van der Waals surface area contributed by atoms with E-state index in [4.69, 9.17) is 0 Å². The van der Waals surface area contributed by atoms with Crippen LogP contribution in [-0.4, -0.2) is 10.2 Å². The number of fused-ring (bicyclic) bond motifs is 1. The molecule has 1 aromatic heterocycles. The van der Waals surface area contributed by atoms with Gasteiger partial charge in [-0.3, -0.25) is 0 Å². The van der Waals surface area contributed by atoms with Crippen molar-refractivity contribution < 1.29 is 13.2 Å². The monoisotopic (exact) mass is 421 g/mol. The summed E-state index contributed by atoms with van der Waals surface area (Å²) in [5, 5.41) is 13.9. The van der Waals surface area contributed by atoms with Gasteiger partial charge < -0.3 is 5.32 Å². The maximum absolute atomic E-state index is 13.0. The summed E-state index contributed by atoms with van der Waals surface area (Å²) < 4.78 is 38.9. The third-order valence-electron chi connectivity index (χ3n) is 5.47. The highest BCUT2D eigenvalue weighted by Crippen LogP contribution is 2.30. The van der Waals surface area contributed by atoms with Gasteiger partial charge in [-0.2, -0.15) is 18.3 Å². The zero-order valence-electron chi connectivity index (χ0n) is 17.3. The van der Waals surface area contributed by atoms with E-state index in [-0.39, 0.29) is 6.54 Å². The number of alkyl halides is 3. The number of nitrogens with one attached hydrogen (secondary N) is 1. The van der Waals surface area contributed by atoms with Crippen LogP contribution < -0.4 is 5.32 Å². The molecule has 3 aromatic carbocycles. The fraction of sp³-hybridized carbons (Fsp3) is 0.200. The average Bonchev–Trinajstić information content (AvgIpc) is 2.75. The van der Waals surface area contributed by atoms with Crippen LogP contribution in [0.5, 0.6) is 0 Å². The Kier molecular flexibility index (Phi) is 5.63. The molecule has 158 valence electrons. The van der Waals surface area contributed by atoms with Gasteiger partial charge in [-0.15, -0.1) is 5.10 Å². The molecule has 0 aliphatic rings. The predicted octanol–water partition coefficient (Wildman–Crippen LogP) is 6.47. The van der Waals surface area contributed by atoms with Crippen LogP contribution in [0.15, 0.2) is 66.7 Å². The van der Waals surface area contributed by atoms with Crippen LogP contribution >= 0.6 is 0 Å². The van der Waals surface area contributed by atoms with Crippen molar-refractivity contribution in [3.63, 3.8) is 0 Å². The van der Waals surface area contributed by atoms with E-state index < -0.39 is 11.7 Å². The topological polar surface area (TPSA) is 37.8 Å². The first-order valence-corrected chi connectivity index (χ1v) is 10.0. The van der Waals surface area contributed by atoms with E-state index in [1.54, 1.807) is 6.07 Å². The van der Waals surface area contributed by atoms with Crippen molar-refractivity contribution >= 4 is 16.6 Å². The summed E-state index contributed by atoms with van der Waals surface area (Å²) >= 11 is 0. The first kappa shape index (κ1) is 20.8. The minimum absolute atomic E-state index is 0.221. The number of hydrogen-bond acceptors (Lipinski definition) is 3. The molecule has 1 N–H and O–H groups in total. The summed E-state index contributed by atoms with van der Waals surface area (Å²) in [6.07, 6.45) is -3.70. The van der Waals surface area contributed by atoms with E-state index in [1.807, 2.05) is 30.3 Å². The highest BCUT2D eigenvalue weighted by Gasteiger charge is 2.30. The molecule has 31 heavy (non-hydrogen) atoms. The molecule has 4 aromatic rings. The molecule has 0 radical (unpaired) electrons. The smallest absolute Gasteiger partial charge is 0.364 e. The Bertz CT molecular complexity index is 1210. The van der Waals surface area contributed by atoms with E-state index in [2.05, 4.69) is 41.5 Å². The fourth-order valence-corrected chi connectivity index (χ4v) is 3.76. The lowest BCUT2D eigenvalue weighted by Crippen LogP contribution is -2.08. The van der Waals surface area contributed by atoms with Crippen molar-refractivity contribution in [2.45, 2.75) is 33.0 Å². The first-order valence-electron chi connectivity index (χ1n) is 10.0. The van der Waals surface area contributed by atoms with E-state index in [1.165, 1.54) is 22.8 Å². The minimum Gasteiger partial charge on any atom is -0.364 e. The molecule has 0 fully saturated rings. The molecular weight excluding hydrogens is 399 g/mol. The van der Waals surface area contributed by atoms with Crippen molar-refractivity contribution in [3.8, 4) is 0 Å². The number of halogens is 3. The van der Waals surface area contributed by atoms with Crippen molar-refractivity contribution in [1.82, 2.24) is 10.2 Å². The summed E-state index contributed by atoms with van der Waals surface area (Å²) in [5.74, 6) is 0.554. The molecule has 0 saturated heterocycles. The number of anilines is 1. The van der Waals surface area contributed by atoms with E-state index in [9.17, 15) is 13.2 Å². The van der Waals surface area contributed by atoms with E-state index in [0.29, 0.717) is 17.8 Å². The highest BCUT2D eigenvalue weighted by atomic mass is 19.4. The van der Waals surface area contributed by atoms with E-state index in [0.717, 1.165) is 28.6 Å². The van der Waals surface area contributed by atoms with Gasteiger partial charge in [0.15, 0.2) is 5.82 Å². The zero-order valence-corrected chi connectivity index (χ0v) is 17.3. The van der Waals surface area contributed by atoms with Crippen molar-refractivity contribution in [1.29, 1.82) is 0 Å². The summed E-state index contributed by atoms with van der Waals surface area (Å²) in [6.45, 7) is 4.39. The van der Waals surface area contributed by atoms with Crippen LogP contribution in [0.25, 0.3) is 10.8 Å². The molecule has 0 aliphatic heterocycles. The minimum atomic E-state index is -4.36. The van der Waals surface area contributed by atoms with Gasteiger partial charge in [-0.25, -0.2) is 0 Å². The normalized spacial score (nSPS) is 11.6. The number of aromatic nitrogens is 2. The molecular formula is C25H22F3N3. The summed E-state index contributed by atoms with van der Waals surface area (Å²) in [4.78, 5) is 0. The van der Waals surface area contributed by atoms with Gasteiger partial charge >= 0.3 is 6.18 Å². The lowest BCUT2D eigenvalue weighted by atomic mass is 9.96. The van der Waals surface area contributed by atoms with Gasteiger partial charge in [0.05, 0.1) is 11.3 Å². The van der Waals surface area contributed by atoms with Crippen LogP contribution in [-0.2, 0) is 19.1 Å². The molecule has 0 aliphatic carbocycles. The second-order valence-corrected chi connectivity index (χ2v) is 7.64. The van der Waals surface area contributed by atoms with Gasteiger partial charge in [-0.1, -0.05) is 54.6 Å². The quantitative estimate of drug-likeness (QED) is 0.401. The van der Waals surface area contributed by atoms with Crippen LogP contribution in [0.4, 0.5) is 19.0 Å². The lowest BCUT2D eigenvalue weighted by molar-refractivity contribution is -0.137. The molecule has 0 saturated carbocycles. The van der Waals surface area contributed by atoms with Crippen LogP contribution in [0.2, 0.25) is 0 Å². The molecule has 0 amide bonds. The first-order chi connectivity index (χ1) is 14.8. The van der Waals surface area contributed by atoms with Crippen LogP contribution in [0.3, 0.4) is 0 Å². The van der Waals surface area contributed by atoms with E-state index >= 15 is 0 Å². The highest BCUT2D eigenvalue weighted by molar-refractivity contribution is 5.93. The average molecular weight is 421 g/mol. The van der Waals surface area contributed by atoms with Crippen LogP contribution in [0, 0.1) is 13.8 Å². The Hall–Kier alpha value is -3.41. The molecule has 3 nitrogen and oxygen atoms in total. The molecule has 0 bridgehead atoms. The molecule has 0 atom stereocenters. The van der Waals surface area contributed by atoms with Gasteiger partial charge in [0.2, 0.25) is 0 Å². The second kappa shape index (κ2) is 8.38. The molecule has 0 spiro atoms. The molecule has 1 heterocycles. The Morgan fingerprint density at radius 2 is 1.48 bits per heavy atom. The van der Waals surface area contributed by atoms with Gasteiger partial charge in [-0.05, 0) is 48.2 Å². The van der Waals surface area contributed by atoms with Crippen molar-refractivity contribution in [2.24, 2.45) is 0 Å². The maximum Gasteiger partial charge on any atom is 0.416 e. The summed E-state index contributed by atoms with van der Waals surface area (Å²) in [6, 6.07) is 19.3. The number of nitrogens with zero attached hydrogens (tertiary/aromatic N) is 2. The Morgan fingerprint density at radius 1 is 0.806 bits per heavy atom. The lowest BCUT2D eigenvalue weighted by Gasteiger charge is -2.14. The standard InChI is InChI=1S/C25H22F3N3/c1-16-7-5-8-17(2)22(16)14-23-20-11-3-4-12-21(20)24(31-30-23)29-15-18-9-6-10-19(13-18)25(26,27)28/h3-13H,14-15H2,1-2H3,(H,29,31). The number of hydrogen-bond donors (Lipinski definition) is 1. The SMILES string of the molecule is Cc1cccc(C)c1Cc1nnc(NCc2cccc(C(F)(F)F)c2)c2ccccc12. The number of aryl methyl sites for hydroxylation is 2. The third kappa shape index (κ3) is 4.53. The maximum atomic E-state index is 13.0. The van der Waals surface area contributed by atoms with Gasteiger partial charge in [0.25, 0.3) is 0 Å². The number of benzene rings is 3. The molecule has 6 heteroatoms. The Morgan fingerprint density at radius 3 is 2.19 bits per heavy atom. The molecule has 0 unspecified atom stereocenters. The summed E-state index contributed by atoms with van der Waals surface area (Å²) in [7, 11) is 0. The molecule has 4 rings (SSSR count).